The molecule has 0 bridgehead atoms. The molecule has 0 saturated heterocycles. The summed E-state index contributed by atoms with van der Waals surface area (Å²) in [5.41, 5.74) is 2.81. The number of aromatic nitrogens is 3. The molecule has 25 heavy (non-hydrogen) atoms. The Bertz CT molecular complexity index is 838. The molecule has 6 heteroatoms. The molecule has 0 aliphatic heterocycles. The van der Waals surface area contributed by atoms with Gasteiger partial charge >= 0.3 is 0 Å². The van der Waals surface area contributed by atoms with E-state index in [-0.39, 0.29) is 0 Å². The summed E-state index contributed by atoms with van der Waals surface area (Å²) in [5.74, 6) is 1.35. The van der Waals surface area contributed by atoms with Gasteiger partial charge in [0.15, 0.2) is 0 Å². The number of hydrogen-bond acceptors (Lipinski definition) is 5. The van der Waals surface area contributed by atoms with Crippen molar-refractivity contribution in [3.05, 3.63) is 59.3 Å². The third-order valence-electron chi connectivity index (χ3n) is 3.79. The highest BCUT2D eigenvalue weighted by atomic mass is 79.9. The second kappa shape index (κ2) is 8.07. The van der Waals surface area contributed by atoms with Crippen LogP contribution in [-0.4, -0.2) is 21.0 Å². The lowest BCUT2D eigenvalue weighted by Crippen LogP contribution is -2.16. The van der Waals surface area contributed by atoms with Gasteiger partial charge in [-0.05, 0) is 43.7 Å². The Morgan fingerprint density at radius 1 is 1.08 bits per heavy atom. The van der Waals surface area contributed by atoms with Gasteiger partial charge in [-0.2, -0.15) is 4.98 Å². The molecule has 3 rings (SSSR count). The van der Waals surface area contributed by atoms with Crippen LogP contribution in [0.15, 0.2) is 59.3 Å². The lowest BCUT2D eigenvalue weighted by atomic mass is 10.2. The highest BCUT2D eigenvalue weighted by Gasteiger charge is 2.09. The number of hydrogen-bond donors (Lipinski definition) is 2. The normalized spacial score (nSPS) is 11.8. The third kappa shape index (κ3) is 4.76. The van der Waals surface area contributed by atoms with Crippen molar-refractivity contribution in [2.24, 2.45) is 0 Å². The van der Waals surface area contributed by atoms with Crippen LogP contribution in [0.1, 0.15) is 20.3 Å². The minimum atomic E-state index is 0.298. The van der Waals surface area contributed by atoms with Crippen LogP contribution in [0.25, 0.3) is 11.3 Å². The Hall–Kier alpha value is -2.47. The maximum Gasteiger partial charge on any atom is 0.225 e. The minimum absolute atomic E-state index is 0.298. The fraction of sp³-hybridized carbons (Fsp3) is 0.211. The lowest BCUT2D eigenvalue weighted by Gasteiger charge is -2.14. The maximum atomic E-state index is 4.65. The molecule has 2 aromatic heterocycles. The Balaban J connectivity index is 1.97. The fourth-order valence-electron chi connectivity index (χ4n) is 2.28. The number of halogens is 1. The van der Waals surface area contributed by atoms with E-state index in [9.17, 15) is 0 Å². The second-order valence-corrected chi connectivity index (χ2v) is 6.70. The lowest BCUT2D eigenvalue weighted by molar-refractivity contribution is 0.753. The predicted octanol–water partition coefficient (Wildman–Crippen LogP) is 5.26. The Morgan fingerprint density at radius 3 is 2.60 bits per heavy atom. The SMILES string of the molecule is CC[C@H](C)Nc1nc(Nc2cccc(Br)c2)cc(-c2ccncc2)n1. The van der Waals surface area contributed by atoms with Crippen molar-refractivity contribution in [1.29, 1.82) is 0 Å². The highest BCUT2D eigenvalue weighted by molar-refractivity contribution is 9.10. The standard InChI is InChI=1S/C19H20BrN5/c1-3-13(2)22-19-24-17(14-7-9-21-10-8-14)12-18(25-19)23-16-6-4-5-15(20)11-16/h4-13H,3H2,1-2H3,(H2,22,23,24,25)/t13-/m0/s1. The molecule has 0 saturated carbocycles. The fourth-order valence-corrected chi connectivity index (χ4v) is 2.68. The van der Waals surface area contributed by atoms with Crippen LogP contribution in [0, 0.1) is 0 Å². The van der Waals surface area contributed by atoms with E-state index >= 15 is 0 Å². The Kier molecular flexibility index (Phi) is 5.60. The average Bonchev–Trinajstić information content (AvgIpc) is 2.62. The second-order valence-electron chi connectivity index (χ2n) is 5.79. The van der Waals surface area contributed by atoms with Crippen LogP contribution >= 0.6 is 15.9 Å². The van der Waals surface area contributed by atoms with Crippen LogP contribution in [0.2, 0.25) is 0 Å². The summed E-state index contributed by atoms with van der Waals surface area (Å²) in [6, 6.07) is 14.1. The Morgan fingerprint density at radius 2 is 1.88 bits per heavy atom. The van der Waals surface area contributed by atoms with Gasteiger partial charge in [0.25, 0.3) is 0 Å². The van der Waals surface area contributed by atoms with Crippen LogP contribution in [0.3, 0.4) is 0 Å². The molecule has 0 radical (unpaired) electrons. The number of rotatable bonds is 6. The van der Waals surface area contributed by atoms with Gasteiger partial charge in [-0.1, -0.05) is 28.9 Å². The van der Waals surface area contributed by atoms with Crippen LogP contribution < -0.4 is 10.6 Å². The molecule has 5 nitrogen and oxygen atoms in total. The first kappa shape index (κ1) is 17.4. The largest absolute Gasteiger partial charge is 0.352 e. The number of nitrogens with one attached hydrogen (secondary N) is 2. The molecular formula is C19H20BrN5. The molecule has 0 amide bonds. The van der Waals surface area contributed by atoms with Crippen LogP contribution in [0.5, 0.6) is 0 Å². The van der Waals surface area contributed by atoms with Gasteiger partial charge in [0.05, 0.1) is 5.69 Å². The van der Waals surface area contributed by atoms with Crippen LogP contribution in [-0.2, 0) is 0 Å². The van der Waals surface area contributed by atoms with Crippen molar-refractivity contribution in [2.45, 2.75) is 26.3 Å². The average molecular weight is 398 g/mol. The smallest absolute Gasteiger partial charge is 0.225 e. The summed E-state index contributed by atoms with van der Waals surface area (Å²) in [6.07, 6.45) is 4.53. The van der Waals surface area contributed by atoms with Gasteiger partial charge in [0, 0.05) is 40.2 Å². The van der Waals surface area contributed by atoms with Gasteiger partial charge in [-0.15, -0.1) is 0 Å². The van der Waals surface area contributed by atoms with Gasteiger partial charge in [-0.3, -0.25) is 4.98 Å². The summed E-state index contributed by atoms with van der Waals surface area (Å²) in [5, 5.41) is 6.70. The molecule has 128 valence electrons. The first-order chi connectivity index (χ1) is 12.1. The van der Waals surface area contributed by atoms with E-state index in [2.05, 4.69) is 55.4 Å². The monoisotopic (exact) mass is 397 g/mol. The van der Waals surface area contributed by atoms with E-state index in [1.54, 1.807) is 12.4 Å². The van der Waals surface area contributed by atoms with E-state index in [0.29, 0.717) is 12.0 Å². The molecule has 0 spiro atoms. The van der Waals surface area contributed by atoms with Crippen molar-refractivity contribution in [3.63, 3.8) is 0 Å². The predicted molar refractivity (Wildman–Crippen MR) is 106 cm³/mol. The topological polar surface area (TPSA) is 62.7 Å². The zero-order valence-electron chi connectivity index (χ0n) is 14.2. The van der Waals surface area contributed by atoms with Crippen molar-refractivity contribution in [2.75, 3.05) is 10.6 Å². The van der Waals surface area contributed by atoms with Gasteiger partial charge in [-0.25, -0.2) is 4.98 Å². The number of anilines is 3. The van der Waals surface area contributed by atoms with E-state index in [0.717, 1.165) is 33.7 Å². The molecular weight excluding hydrogens is 378 g/mol. The molecule has 2 N–H and O–H groups in total. The van der Waals surface area contributed by atoms with Gasteiger partial charge < -0.3 is 10.6 Å². The van der Waals surface area contributed by atoms with E-state index in [4.69, 9.17) is 0 Å². The molecule has 0 aliphatic carbocycles. The van der Waals surface area contributed by atoms with Crippen molar-refractivity contribution < 1.29 is 0 Å². The summed E-state index contributed by atoms with van der Waals surface area (Å²) in [6.45, 7) is 4.24. The molecule has 3 aromatic rings. The first-order valence-electron chi connectivity index (χ1n) is 8.22. The van der Waals surface area contributed by atoms with Crippen molar-refractivity contribution >= 4 is 33.4 Å². The van der Waals surface area contributed by atoms with Crippen molar-refractivity contribution in [1.82, 2.24) is 15.0 Å². The number of benzene rings is 1. The zero-order valence-corrected chi connectivity index (χ0v) is 15.8. The Labute approximate surface area is 156 Å². The van der Waals surface area contributed by atoms with Gasteiger partial charge in [0.1, 0.15) is 5.82 Å². The highest BCUT2D eigenvalue weighted by Crippen LogP contribution is 2.25. The maximum absolute atomic E-state index is 4.65. The molecule has 2 heterocycles. The van der Waals surface area contributed by atoms with E-state index in [1.165, 1.54) is 0 Å². The number of pyridine rings is 1. The zero-order chi connectivity index (χ0) is 17.6. The quantitative estimate of drug-likeness (QED) is 0.594. The molecule has 1 aromatic carbocycles. The van der Waals surface area contributed by atoms with Crippen LogP contribution in [0.4, 0.5) is 17.5 Å². The summed E-state index contributed by atoms with van der Waals surface area (Å²) in [7, 11) is 0. The van der Waals surface area contributed by atoms with Crippen molar-refractivity contribution in [3.8, 4) is 11.3 Å². The summed E-state index contributed by atoms with van der Waals surface area (Å²) < 4.78 is 1.01. The molecule has 0 fully saturated rings. The van der Waals surface area contributed by atoms with Gasteiger partial charge in [0.2, 0.25) is 5.95 Å². The minimum Gasteiger partial charge on any atom is -0.352 e. The molecule has 0 unspecified atom stereocenters. The summed E-state index contributed by atoms with van der Waals surface area (Å²) in [4.78, 5) is 13.3. The summed E-state index contributed by atoms with van der Waals surface area (Å²) >= 11 is 3.49. The molecule has 0 aliphatic rings. The number of nitrogens with zero attached hydrogens (tertiary/aromatic N) is 3. The third-order valence-corrected chi connectivity index (χ3v) is 4.28. The van der Waals surface area contributed by atoms with E-state index in [1.807, 2.05) is 42.5 Å². The van der Waals surface area contributed by atoms with E-state index < -0.39 is 0 Å². The molecule has 1 atom stereocenters. The first-order valence-corrected chi connectivity index (χ1v) is 9.02.